The molecular formula is C18H23F4IN6. The minimum absolute atomic E-state index is 0. The topological polar surface area (TPSA) is 67.1 Å². The number of nitrogens with one attached hydrogen (secondary N) is 2. The van der Waals surface area contributed by atoms with Crippen molar-refractivity contribution in [3.63, 3.8) is 0 Å². The molecule has 2 aromatic rings. The van der Waals surface area contributed by atoms with Crippen LogP contribution < -0.4 is 10.6 Å². The summed E-state index contributed by atoms with van der Waals surface area (Å²) in [5.74, 6) is 1.66. The first-order valence-corrected chi connectivity index (χ1v) is 8.96. The van der Waals surface area contributed by atoms with Crippen molar-refractivity contribution in [2.45, 2.75) is 39.0 Å². The van der Waals surface area contributed by atoms with Crippen molar-refractivity contribution in [1.29, 1.82) is 0 Å². The van der Waals surface area contributed by atoms with Crippen LogP contribution in [-0.4, -0.2) is 34.3 Å². The summed E-state index contributed by atoms with van der Waals surface area (Å²) in [4.78, 5) is 4.06. The van der Waals surface area contributed by atoms with Gasteiger partial charge in [0.15, 0.2) is 5.96 Å². The maximum atomic E-state index is 13.2. The smallest absolute Gasteiger partial charge is 0.356 e. The van der Waals surface area contributed by atoms with E-state index in [9.17, 15) is 17.6 Å². The molecule has 0 saturated heterocycles. The molecule has 0 amide bonds. The highest BCUT2D eigenvalue weighted by Crippen LogP contribution is 2.32. The van der Waals surface area contributed by atoms with Crippen LogP contribution in [0.1, 0.15) is 29.2 Å². The molecule has 6 nitrogen and oxygen atoms in total. The number of guanidine groups is 1. The van der Waals surface area contributed by atoms with E-state index in [1.165, 1.54) is 0 Å². The Hall–Kier alpha value is -1.92. The van der Waals surface area contributed by atoms with Gasteiger partial charge in [-0.25, -0.2) is 4.39 Å². The molecular weight excluding hydrogens is 503 g/mol. The number of rotatable bonds is 4. The van der Waals surface area contributed by atoms with Crippen molar-refractivity contribution in [3.8, 4) is 0 Å². The second-order valence-corrected chi connectivity index (χ2v) is 6.78. The quantitative estimate of drug-likeness (QED) is 0.278. The molecule has 11 heteroatoms. The van der Waals surface area contributed by atoms with Crippen molar-refractivity contribution < 1.29 is 17.6 Å². The second-order valence-electron chi connectivity index (χ2n) is 6.78. The molecule has 1 aliphatic rings. The Bertz CT molecular complexity index is 865. The van der Waals surface area contributed by atoms with Crippen molar-refractivity contribution in [3.05, 3.63) is 46.8 Å². The van der Waals surface area contributed by atoms with E-state index in [-0.39, 0.29) is 36.1 Å². The maximum Gasteiger partial charge on any atom is 0.416 e. The monoisotopic (exact) mass is 526 g/mol. The molecule has 160 valence electrons. The van der Waals surface area contributed by atoms with Crippen LogP contribution in [0.2, 0.25) is 0 Å². The van der Waals surface area contributed by atoms with Gasteiger partial charge >= 0.3 is 6.18 Å². The first-order chi connectivity index (χ1) is 13.3. The third-order valence-corrected chi connectivity index (χ3v) is 4.83. The minimum atomic E-state index is -4.62. The first-order valence-electron chi connectivity index (χ1n) is 8.96. The lowest BCUT2D eigenvalue weighted by atomic mass is 9.99. The summed E-state index contributed by atoms with van der Waals surface area (Å²) in [6.45, 7) is 3.20. The van der Waals surface area contributed by atoms with E-state index < -0.39 is 17.6 Å². The molecule has 0 radical (unpaired) electrons. The Labute approximate surface area is 183 Å². The largest absolute Gasteiger partial charge is 0.416 e. The van der Waals surface area contributed by atoms with Crippen LogP contribution in [0.4, 0.5) is 17.6 Å². The predicted octanol–water partition coefficient (Wildman–Crippen LogP) is 3.29. The molecule has 0 bridgehead atoms. The Morgan fingerprint density at radius 3 is 2.72 bits per heavy atom. The maximum absolute atomic E-state index is 13.2. The highest BCUT2D eigenvalue weighted by Gasteiger charge is 2.33. The number of halogens is 5. The average Bonchev–Trinajstić information content (AvgIpc) is 3.02. The predicted molar refractivity (Wildman–Crippen MR) is 112 cm³/mol. The van der Waals surface area contributed by atoms with E-state index in [0.29, 0.717) is 24.5 Å². The molecule has 1 atom stereocenters. The molecule has 2 N–H and O–H groups in total. The zero-order chi connectivity index (χ0) is 20.3. The van der Waals surface area contributed by atoms with Crippen molar-refractivity contribution in [1.82, 2.24) is 25.4 Å². The molecule has 1 aromatic carbocycles. The third kappa shape index (κ3) is 5.80. The molecule has 1 unspecified atom stereocenters. The van der Waals surface area contributed by atoms with Gasteiger partial charge in [-0.15, -0.1) is 34.2 Å². The normalized spacial score (nSPS) is 16.8. The zero-order valence-electron chi connectivity index (χ0n) is 16.1. The minimum Gasteiger partial charge on any atom is -0.356 e. The summed E-state index contributed by atoms with van der Waals surface area (Å²) in [5, 5.41) is 14.2. The summed E-state index contributed by atoms with van der Waals surface area (Å²) in [7, 11) is 1.55. The molecule has 1 aliphatic heterocycles. The Morgan fingerprint density at radius 2 is 2.03 bits per heavy atom. The SMILES string of the molecule is CN=C(NCc1ccc(F)cc1C(F)(F)F)NCC1CCc2nnc(C)n2C1.I. The number of hydrogen-bond acceptors (Lipinski definition) is 3. The number of alkyl halides is 3. The summed E-state index contributed by atoms with van der Waals surface area (Å²) in [5.41, 5.74) is -1.03. The first kappa shape index (κ1) is 23.4. The summed E-state index contributed by atoms with van der Waals surface area (Å²) >= 11 is 0. The number of benzene rings is 1. The number of hydrogen-bond donors (Lipinski definition) is 2. The summed E-state index contributed by atoms with van der Waals surface area (Å²) < 4.78 is 54.6. The van der Waals surface area contributed by atoms with Gasteiger partial charge in [0.25, 0.3) is 0 Å². The van der Waals surface area contributed by atoms with Crippen LogP contribution in [-0.2, 0) is 25.7 Å². The number of aliphatic imine (C=N–C) groups is 1. The van der Waals surface area contributed by atoms with Gasteiger partial charge in [0.1, 0.15) is 17.5 Å². The molecule has 2 heterocycles. The highest BCUT2D eigenvalue weighted by atomic mass is 127. The van der Waals surface area contributed by atoms with Gasteiger partial charge in [-0.05, 0) is 37.0 Å². The van der Waals surface area contributed by atoms with Crippen LogP contribution in [0.3, 0.4) is 0 Å². The van der Waals surface area contributed by atoms with Crippen LogP contribution >= 0.6 is 24.0 Å². The van der Waals surface area contributed by atoms with Gasteiger partial charge in [0.05, 0.1) is 5.56 Å². The lowest BCUT2D eigenvalue weighted by molar-refractivity contribution is -0.138. The summed E-state index contributed by atoms with van der Waals surface area (Å²) in [6.07, 6.45) is -2.84. The van der Waals surface area contributed by atoms with Crippen LogP contribution in [0.15, 0.2) is 23.2 Å². The zero-order valence-corrected chi connectivity index (χ0v) is 18.4. The Morgan fingerprint density at radius 1 is 1.28 bits per heavy atom. The van der Waals surface area contributed by atoms with E-state index in [1.807, 2.05) is 6.92 Å². The van der Waals surface area contributed by atoms with Crippen molar-refractivity contribution >= 4 is 29.9 Å². The Kier molecular flexibility index (Phi) is 7.83. The van der Waals surface area contributed by atoms with Gasteiger partial charge in [-0.3, -0.25) is 4.99 Å². The average molecular weight is 526 g/mol. The molecule has 1 aromatic heterocycles. The molecule has 0 saturated carbocycles. The lowest BCUT2D eigenvalue weighted by Crippen LogP contribution is -2.41. The van der Waals surface area contributed by atoms with Gasteiger partial charge in [0, 0.05) is 33.1 Å². The van der Waals surface area contributed by atoms with Crippen molar-refractivity contribution in [2.75, 3.05) is 13.6 Å². The number of aryl methyl sites for hydroxylation is 2. The summed E-state index contributed by atoms with van der Waals surface area (Å²) in [6, 6.07) is 2.66. The van der Waals surface area contributed by atoms with E-state index >= 15 is 0 Å². The van der Waals surface area contributed by atoms with E-state index in [0.717, 1.165) is 43.2 Å². The number of aromatic nitrogens is 3. The fourth-order valence-electron chi connectivity index (χ4n) is 3.30. The fourth-order valence-corrected chi connectivity index (χ4v) is 3.30. The van der Waals surface area contributed by atoms with E-state index in [2.05, 4.69) is 30.4 Å². The molecule has 0 fully saturated rings. The fraction of sp³-hybridized carbons (Fsp3) is 0.500. The molecule has 3 rings (SSSR count). The van der Waals surface area contributed by atoms with Crippen LogP contribution in [0.25, 0.3) is 0 Å². The van der Waals surface area contributed by atoms with Gasteiger partial charge < -0.3 is 15.2 Å². The van der Waals surface area contributed by atoms with Gasteiger partial charge in [0.2, 0.25) is 0 Å². The highest BCUT2D eigenvalue weighted by molar-refractivity contribution is 14.0. The van der Waals surface area contributed by atoms with Gasteiger partial charge in [-0.2, -0.15) is 13.2 Å². The number of fused-ring (bicyclic) bond motifs is 1. The van der Waals surface area contributed by atoms with Crippen LogP contribution in [0.5, 0.6) is 0 Å². The van der Waals surface area contributed by atoms with Crippen molar-refractivity contribution in [2.24, 2.45) is 10.9 Å². The van der Waals surface area contributed by atoms with E-state index in [1.54, 1.807) is 7.05 Å². The van der Waals surface area contributed by atoms with E-state index in [4.69, 9.17) is 0 Å². The van der Waals surface area contributed by atoms with Gasteiger partial charge in [-0.1, -0.05) is 6.07 Å². The van der Waals surface area contributed by atoms with Crippen LogP contribution in [0, 0.1) is 18.7 Å². The molecule has 29 heavy (non-hydrogen) atoms. The number of nitrogens with zero attached hydrogens (tertiary/aromatic N) is 4. The standard InChI is InChI=1S/C18H22F4N6.HI/c1-11-26-27-16-6-3-12(10-28(11)16)8-24-17(23-2)25-9-13-4-5-14(19)7-15(13)18(20,21)22;/h4-5,7,12H,3,6,8-10H2,1-2H3,(H2,23,24,25);1H. The molecule has 0 aliphatic carbocycles. The second kappa shape index (κ2) is 9.72. The molecule has 0 spiro atoms. The third-order valence-electron chi connectivity index (χ3n) is 4.83. The lowest BCUT2D eigenvalue weighted by Gasteiger charge is -2.25. The Balaban J connectivity index is 0.00000300.